The number of amides is 1. The fourth-order valence-corrected chi connectivity index (χ4v) is 5.24. The van der Waals surface area contributed by atoms with E-state index in [9.17, 15) is 9.59 Å². The lowest BCUT2D eigenvalue weighted by atomic mass is 9.97. The number of fused-ring (bicyclic) bond motifs is 1. The predicted molar refractivity (Wildman–Crippen MR) is 120 cm³/mol. The number of carbonyl (C=O) groups excluding carboxylic acids is 1. The topological polar surface area (TPSA) is 74.2 Å². The number of aromatic amines is 1. The van der Waals surface area contributed by atoms with Crippen LogP contribution in [0.3, 0.4) is 0 Å². The third-order valence-electron chi connectivity index (χ3n) is 7.03. The van der Waals surface area contributed by atoms with E-state index in [1.165, 1.54) is 0 Å². The normalized spacial score (nSPS) is 19.2. The van der Waals surface area contributed by atoms with Gasteiger partial charge < -0.3 is 14.8 Å². The van der Waals surface area contributed by atoms with Crippen molar-refractivity contribution < 1.29 is 4.79 Å². The van der Waals surface area contributed by atoms with Gasteiger partial charge in [0, 0.05) is 50.7 Å². The molecule has 0 aliphatic carbocycles. The molecular formula is C24H29N5O2. The maximum atomic E-state index is 12.9. The van der Waals surface area contributed by atoms with Gasteiger partial charge in [-0.1, -0.05) is 12.1 Å². The Hall–Kier alpha value is -2.93. The lowest BCUT2D eigenvalue weighted by Gasteiger charge is -2.42. The molecule has 5 rings (SSSR count). The maximum absolute atomic E-state index is 12.9. The first kappa shape index (κ1) is 20.0. The number of nitrogens with one attached hydrogen (secondary N) is 1. The molecule has 0 radical (unpaired) electrons. The number of para-hydroxylation sites is 2. The number of imidazole rings is 1. The Morgan fingerprint density at radius 1 is 1.00 bits per heavy atom. The van der Waals surface area contributed by atoms with Gasteiger partial charge in [0.15, 0.2) is 0 Å². The molecule has 4 heterocycles. The number of H-pyrrole nitrogens is 1. The number of hydrogen-bond acceptors (Lipinski definition) is 4. The van der Waals surface area contributed by atoms with Gasteiger partial charge in [-0.3, -0.25) is 14.3 Å². The molecule has 162 valence electrons. The van der Waals surface area contributed by atoms with Crippen LogP contribution >= 0.6 is 0 Å². The Morgan fingerprint density at radius 2 is 1.71 bits per heavy atom. The molecular weight excluding hydrogens is 390 g/mol. The molecule has 3 aromatic rings. The van der Waals surface area contributed by atoms with Crippen molar-refractivity contribution in [3.05, 3.63) is 64.3 Å². The minimum atomic E-state index is -0.00262. The molecule has 2 aliphatic rings. The molecule has 2 aromatic heterocycles. The van der Waals surface area contributed by atoms with Crippen molar-refractivity contribution in [2.45, 2.75) is 44.7 Å². The largest absolute Gasteiger partial charge is 0.338 e. The van der Waals surface area contributed by atoms with Crippen molar-refractivity contribution in [2.24, 2.45) is 0 Å². The molecule has 0 bridgehead atoms. The fourth-order valence-electron chi connectivity index (χ4n) is 5.24. The summed E-state index contributed by atoms with van der Waals surface area (Å²) in [4.78, 5) is 37.0. The van der Waals surface area contributed by atoms with Crippen molar-refractivity contribution in [3.63, 3.8) is 0 Å². The molecule has 2 aliphatic heterocycles. The summed E-state index contributed by atoms with van der Waals surface area (Å²) in [6, 6.07) is 10.6. The van der Waals surface area contributed by atoms with Crippen molar-refractivity contribution in [3.8, 4) is 0 Å². The molecule has 31 heavy (non-hydrogen) atoms. The summed E-state index contributed by atoms with van der Waals surface area (Å²) < 4.78 is 1.95. The van der Waals surface area contributed by atoms with Crippen LogP contribution in [0.15, 0.2) is 47.5 Å². The standard InChI is InChI=1S/C24H29N5O2/c1-17-6-11-25-16-20(17)23(30)28-14-7-18(8-15-28)27-12-9-19(10-13-27)29-22-5-3-2-4-21(22)26-24(29)31/h2-6,11,16,18-19H,7-10,12-15H2,1H3,(H,26,31). The van der Waals surface area contributed by atoms with Crippen LogP contribution in [0, 0.1) is 6.92 Å². The van der Waals surface area contributed by atoms with Crippen LogP contribution in [0.25, 0.3) is 11.0 Å². The van der Waals surface area contributed by atoms with Crippen molar-refractivity contribution in [1.82, 2.24) is 24.3 Å². The zero-order chi connectivity index (χ0) is 21.4. The smallest absolute Gasteiger partial charge is 0.326 e. The minimum Gasteiger partial charge on any atom is -0.338 e. The SMILES string of the molecule is Cc1ccncc1C(=O)N1CCC(N2CCC(n3c(=O)[nH]c4ccccc43)CC2)CC1. The average Bonchev–Trinajstić information content (AvgIpc) is 3.15. The van der Waals surface area contributed by atoms with Gasteiger partial charge in [-0.05, 0) is 56.4 Å². The van der Waals surface area contributed by atoms with Gasteiger partial charge in [-0.2, -0.15) is 0 Å². The first-order chi connectivity index (χ1) is 15.1. The summed E-state index contributed by atoms with van der Waals surface area (Å²) in [5.74, 6) is 0.0986. The Bertz CT molecular complexity index is 1130. The van der Waals surface area contributed by atoms with Gasteiger partial charge >= 0.3 is 5.69 Å². The molecule has 2 fully saturated rings. The van der Waals surface area contributed by atoms with Crippen LogP contribution < -0.4 is 5.69 Å². The first-order valence-corrected chi connectivity index (χ1v) is 11.2. The van der Waals surface area contributed by atoms with Gasteiger partial charge in [0.2, 0.25) is 0 Å². The highest BCUT2D eigenvalue weighted by Gasteiger charge is 2.31. The number of aryl methyl sites for hydroxylation is 1. The van der Waals surface area contributed by atoms with E-state index < -0.39 is 0 Å². The predicted octanol–water partition coefficient (Wildman–Crippen LogP) is 2.97. The third-order valence-corrected chi connectivity index (χ3v) is 7.03. The van der Waals surface area contributed by atoms with Gasteiger partial charge in [-0.25, -0.2) is 4.79 Å². The second kappa shape index (κ2) is 8.30. The number of rotatable bonds is 3. The Balaban J connectivity index is 1.19. The summed E-state index contributed by atoms with van der Waals surface area (Å²) in [5.41, 5.74) is 3.61. The summed E-state index contributed by atoms with van der Waals surface area (Å²) >= 11 is 0. The number of aromatic nitrogens is 3. The molecule has 0 unspecified atom stereocenters. The van der Waals surface area contributed by atoms with Crippen molar-refractivity contribution in [2.75, 3.05) is 26.2 Å². The zero-order valence-electron chi connectivity index (χ0n) is 18.0. The Morgan fingerprint density at radius 3 is 2.45 bits per heavy atom. The van der Waals surface area contributed by atoms with E-state index in [4.69, 9.17) is 0 Å². The molecule has 2 saturated heterocycles. The van der Waals surface area contributed by atoms with Crippen LogP contribution in [-0.2, 0) is 0 Å². The van der Waals surface area contributed by atoms with Crippen LogP contribution in [-0.4, -0.2) is 62.5 Å². The first-order valence-electron chi connectivity index (χ1n) is 11.2. The summed E-state index contributed by atoms with van der Waals surface area (Å²) in [7, 11) is 0. The summed E-state index contributed by atoms with van der Waals surface area (Å²) in [6.07, 6.45) is 7.38. The highest BCUT2D eigenvalue weighted by atomic mass is 16.2. The summed E-state index contributed by atoms with van der Waals surface area (Å²) in [6.45, 7) is 5.54. The van der Waals surface area contributed by atoms with Crippen LogP contribution in [0.2, 0.25) is 0 Å². The minimum absolute atomic E-state index is 0.00262. The number of likely N-dealkylation sites (tertiary alicyclic amines) is 2. The molecule has 0 saturated carbocycles. The Labute approximate surface area is 181 Å². The maximum Gasteiger partial charge on any atom is 0.326 e. The van der Waals surface area contributed by atoms with Gasteiger partial charge in [-0.15, -0.1) is 0 Å². The molecule has 1 N–H and O–H groups in total. The second-order valence-corrected chi connectivity index (χ2v) is 8.80. The second-order valence-electron chi connectivity index (χ2n) is 8.80. The number of hydrogen-bond donors (Lipinski definition) is 1. The highest BCUT2D eigenvalue weighted by molar-refractivity contribution is 5.95. The van der Waals surface area contributed by atoms with E-state index in [1.807, 2.05) is 46.7 Å². The van der Waals surface area contributed by atoms with E-state index in [-0.39, 0.29) is 17.6 Å². The van der Waals surface area contributed by atoms with E-state index in [2.05, 4.69) is 14.9 Å². The van der Waals surface area contributed by atoms with E-state index in [0.29, 0.717) is 11.6 Å². The number of piperidine rings is 2. The Kier molecular flexibility index (Phi) is 5.36. The quantitative estimate of drug-likeness (QED) is 0.708. The average molecular weight is 420 g/mol. The van der Waals surface area contributed by atoms with E-state index in [0.717, 1.165) is 68.5 Å². The molecule has 1 amide bonds. The highest BCUT2D eigenvalue weighted by Crippen LogP contribution is 2.28. The van der Waals surface area contributed by atoms with Crippen molar-refractivity contribution >= 4 is 16.9 Å². The summed E-state index contributed by atoms with van der Waals surface area (Å²) in [5, 5.41) is 0. The lowest BCUT2D eigenvalue weighted by molar-refractivity contribution is 0.0557. The number of carbonyl (C=O) groups is 1. The zero-order valence-corrected chi connectivity index (χ0v) is 18.0. The molecule has 0 atom stereocenters. The van der Waals surface area contributed by atoms with Gasteiger partial charge in [0.1, 0.15) is 0 Å². The lowest BCUT2D eigenvalue weighted by Crippen LogP contribution is -2.49. The van der Waals surface area contributed by atoms with Gasteiger partial charge in [0.25, 0.3) is 5.91 Å². The molecule has 7 heteroatoms. The van der Waals surface area contributed by atoms with E-state index in [1.54, 1.807) is 12.4 Å². The number of benzene rings is 1. The molecule has 7 nitrogen and oxygen atoms in total. The number of pyridine rings is 1. The van der Waals surface area contributed by atoms with Crippen molar-refractivity contribution in [1.29, 1.82) is 0 Å². The fraction of sp³-hybridized carbons (Fsp3) is 0.458. The number of nitrogens with zero attached hydrogens (tertiary/aromatic N) is 4. The third kappa shape index (κ3) is 3.78. The van der Waals surface area contributed by atoms with E-state index >= 15 is 0 Å². The van der Waals surface area contributed by atoms with Crippen LogP contribution in [0.5, 0.6) is 0 Å². The van der Waals surface area contributed by atoms with Gasteiger partial charge in [0.05, 0.1) is 16.6 Å². The molecule has 0 spiro atoms. The monoisotopic (exact) mass is 419 g/mol. The molecule has 1 aromatic carbocycles. The van der Waals surface area contributed by atoms with Crippen LogP contribution in [0.4, 0.5) is 0 Å². The van der Waals surface area contributed by atoms with Crippen LogP contribution in [0.1, 0.15) is 47.6 Å².